The molecular weight excluding hydrogens is 434 g/mol. The molecule has 2 aromatic rings. The molecule has 0 unspecified atom stereocenters. The maximum atomic E-state index is 13.2. The maximum absolute atomic E-state index is 13.2. The van der Waals surface area contributed by atoms with Crippen molar-refractivity contribution in [1.82, 2.24) is 14.7 Å². The Morgan fingerprint density at radius 2 is 1.94 bits per heavy atom. The maximum Gasteiger partial charge on any atom is 0.223 e. The highest BCUT2D eigenvalue weighted by atomic mass is 16.5. The monoisotopic (exact) mass is 473 g/mol. The number of carbonyl (C=O) groups is 1. The largest absolute Gasteiger partial charge is 0.491 e. The van der Waals surface area contributed by atoms with Crippen molar-refractivity contribution in [3.63, 3.8) is 0 Å². The fraction of sp³-hybridized carbons (Fsp3) is 0.615. The number of aryl methyl sites for hydroxylation is 3. The van der Waals surface area contributed by atoms with Gasteiger partial charge >= 0.3 is 0 Å². The predicted octanol–water partition coefficient (Wildman–Crippen LogP) is 2.43. The molecule has 0 aliphatic carbocycles. The smallest absolute Gasteiger partial charge is 0.223 e. The minimum atomic E-state index is -0.976. The zero-order valence-electron chi connectivity index (χ0n) is 20.7. The zero-order valence-corrected chi connectivity index (χ0v) is 20.7. The molecule has 2 atom stereocenters. The van der Waals surface area contributed by atoms with Crippen LogP contribution in [0.2, 0.25) is 0 Å². The van der Waals surface area contributed by atoms with Crippen molar-refractivity contribution in [3.8, 4) is 5.75 Å². The van der Waals surface area contributed by atoms with Crippen molar-refractivity contribution in [2.24, 2.45) is 0 Å². The third-order valence-electron chi connectivity index (χ3n) is 6.53. The van der Waals surface area contributed by atoms with Crippen molar-refractivity contribution in [1.29, 1.82) is 0 Å². The minimum Gasteiger partial charge on any atom is -0.491 e. The fourth-order valence-corrected chi connectivity index (χ4v) is 4.43. The number of benzene rings is 1. The van der Waals surface area contributed by atoms with Crippen LogP contribution in [0.4, 0.5) is 0 Å². The lowest BCUT2D eigenvalue weighted by molar-refractivity contribution is -0.132. The van der Waals surface area contributed by atoms with Gasteiger partial charge in [-0.1, -0.05) is 18.2 Å². The number of nitrogens with zero attached hydrogens (tertiary/aromatic N) is 3. The Balaban J connectivity index is 1.68. The molecule has 34 heavy (non-hydrogen) atoms. The standard InChI is InChI=1S/C26H39N3O5/c1-4-29-20(3)22(19(2)27-29)11-12-26(32)28-14-13-23(30)24(31)18-33-16-7-9-21-8-5-6-10-25(21)34-17-15-28/h5-6,8,10,23-24,30-31H,4,7,9,11-18H2,1-3H3/t23-,24+/m0/s1. The van der Waals surface area contributed by atoms with Gasteiger partial charge in [0.2, 0.25) is 5.91 Å². The Bertz CT molecular complexity index is 929. The molecule has 0 radical (unpaired) electrons. The van der Waals surface area contributed by atoms with Crippen molar-refractivity contribution in [2.45, 2.75) is 71.6 Å². The molecule has 2 heterocycles. The Morgan fingerprint density at radius 3 is 2.71 bits per heavy atom. The molecule has 8 heteroatoms. The Hall–Kier alpha value is -2.42. The van der Waals surface area contributed by atoms with Crippen LogP contribution >= 0.6 is 0 Å². The normalized spacial score (nSPS) is 20.7. The number of carbonyl (C=O) groups excluding carboxylic acids is 1. The molecule has 0 fully saturated rings. The van der Waals surface area contributed by atoms with Gasteiger partial charge in [0, 0.05) is 31.8 Å². The first-order valence-electron chi connectivity index (χ1n) is 12.4. The van der Waals surface area contributed by atoms with E-state index >= 15 is 0 Å². The van der Waals surface area contributed by atoms with E-state index in [4.69, 9.17) is 9.47 Å². The fourth-order valence-electron chi connectivity index (χ4n) is 4.43. The number of hydrogen-bond acceptors (Lipinski definition) is 6. The third kappa shape index (κ3) is 7.04. The van der Waals surface area contributed by atoms with Gasteiger partial charge in [0.05, 0.1) is 24.9 Å². The third-order valence-corrected chi connectivity index (χ3v) is 6.53. The lowest BCUT2D eigenvalue weighted by atomic mass is 10.1. The number of hydrogen-bond donors (Lipinski definition) is 2. The van der Waals surface area contributed by atoms with Crippen LogP contribution in [0.15, 0.2) is 24.3 Å². The van der Waals surface area contributed by atoms with Gasteiger partial charge in [0.25, 0.3) is 0 Å². The molecule has 0 bridgehead atoms. The number of aliphatic hydroxyl groups is 2. The number of fused-ring (bicyclic) bond motifs is 1. The molecule has 0 saturated carbocycles. The molecule has 1 aromatic carbocycles. The highest BCUT2D eigenvalue weighted by Gasteiger charge is 2.22. The van der Waals surface area contributed by atoms with Crippen LogP contribution in [0.3, 0.4) is 0 Å². The predicted molar refractivity (Wildman–Crippen MR) is 130 cm³/mol. The molecule has 188 valence electrons. The second-order valence-electron chi connectivity index (χ2n) is 8.90. The first-order valence-corrected chi connectivity index (χ1v) is 12.4. The van der Waals surface area contributed by atoms with E-state index in [1.54, 1.807) is 4.90 Å². The van der Waals surface area contributed by atoms with Crippen molar-refractivity contribution in [2.75, 3.05) is 32.9 Å². The van der Waals surface area contributed by atoms with E-state index in [9.17, 15) is 15.0 Å². The summed E-state index contributed by atoms with van der Waals surface area (Å²) in [5, 5.41) is 25.2. The first kappa shape index (κ1) is 26.2. The lowest BCUT2D eigenvalue weighted by Gasteiger charge is -2.25. The van der Waals surface area contributed by atoms with E-state index in [0.717, 1.165) is 47.7 Å². The highest BCUT2D eigenvalue weighted by molar-refractivity contribution is 5.76. The van der Waals surface area contributed by atoms with Crippen LogP contribution in [-0.2, 0) is 28.9 Å². The summed E-state index contributed by atoms with van der Waals surface area (Å²) in [5.74, 6) is 0.824. The summed E-state index contributed by atoms with van der Waals surface area (Å²) < 4.78 is 13.6. The zero-order chi connectivity index (χ0) is 24.5. The first-order chi connectivity index (χ1) is 16.4. The van der Waals surface area contributed by atoms with Crippen LogP contribution in [0, 0.1) is 13.8 Å². The van der Waals surface area contributed by atoms with Gasteiger partial charge in [-0.15, -0.1) is 0 Å². The molecule has 8 nitrogen and oxygen atoms in total. The summed E-state index contributed by atoms with van der Waals surface area (Å²) in [4.78, 5) is 14.9. The van der Waals surface area contributed by atoms with Gasteiger partial charge in [-0.3, -0.25) is 9.48 Å². The summed E-state index contributed by atoms with van der Waals surface area (Å²) >= 11 is 0. The van der Waals surface area contributed by atoms with E-state index in [1.807, 2.05) is 42.8 Å². The number of ether oxygens (including phenoxy) is 2. The second kappa shape index (κ2) is 12.9. The van der Waals surface area contributed by atoms with E-state index in [0.29, 0.717) is 39.1 Å². The van der Waals surface area contributed by atoms with Crippen LogP contribution in [0.5, 0.6) is 5.75 Å². The molecular formula is C26H39N3O5. The van der Waals surface area contributed by atoms with E-state index in [2.05, 4.69) is 12.0 Å². The molecule has 1 aliphatic rings. The van der Waals surface area contributed by atoms with E-state index in [-0.39, 0.29) is 18.9 Å². The van der Waals surface area contributed by atoms with E-state index < -0.39 is 12.2 Å². The number of rotatable bonds is 4. The van der Waals surface area contributed by atoms with Crippen LogP contribution < -0.4 is 4.74 Å². The average molecular weight is 474 g/mol. The van der Waals surface area contributed by atoms with Gasteiger partial charge in [-0.05, 0) is 63.6 Å². The molecule has 3 rings (SSSR count). The van der Waals surface area contributed by atoms with Crippen LogP contribution in [0.1, 0.15) is 48.7 Å². The Labute approximate surface area is 202 Å². The van der Waals surface area contributed by atoms with Gasteiger partial charge in [-0.2, -0.15) is 5.10 Å². The SMILES string of the molecule is CCn1nc(C)c(CCC(=O)N2CCOc3ccccc3CCCOC[C@@H](O)[C@@H](O)CC2)c1C. The molecule has 2 N–H and O–H groups in total. The molecule has 0 spiro atoms. The summed E-state index contributed by atoms with van der Waals surface area (Å²) in [5.41, 5.74) is 4.27. The van der Waals surface area contributed by atoms with Crippen LogP contribution in [-0.4, -0.2) is 75.9 Å². The summed E-state index contributed by atoms with van der Waals surface area (Å²) in [6, 6.07) is 7.92. The van der Waals surface area contributed by atoms with Gasteiger partial charge in [-0.25, -0.2) is 0 Å². The van der Waals surface area contributed by atoms with Gasteiger partial charge in [0.1, 0.15) is 18.5 Å². The highest BCUT2D eigenvalue weighted by Crippen LogP contribution is 2.20. The van der Waals surface area contributed by atoms with Crippen molar-refractivity contribution in [3.05, 3.63) is 46.8 Å². The molecule has 1 amide bonds. The minimum absolute atomic E-state index is 0.00203. The van der Waals surface area contributed by atoms with E-state index in [1.165, 1.54) is 0 Å². The Kier molecular flexibility index (Phi) is 9.92. The number of para-hydroxylation sites is 1. The summed E-state index contributed by atoms with van der Waals surface area (Å²) in [6.07, 6.45) is 0.911. The second-order valence-corrected chi connectivity index (χ2v) is 8.90. The lowest BCUT2D eigenvalue weighted by Crippen LogP contribution is -2.39. The molecule has 1 aromatic heterocycles. The molecule has 1 aliphatic heterocycles. The number of amides is 1. The van der Waals surface area contributed by atoms with Crippen molar-refractivity contribution >= 4 is 5.91 Å². The van der Waals surface area contributed by atoms with Gasteiger partial charge < -0.3 is 24.6 Å². The molecule has 0 saturated heterocycles. The topological polar surface area (TPSA) is 97.1 Å². The number of aliphatic hydroxyl groups excluding tert-OH is 2. The Morgan fingerprint density at radius 1 is 1.15 bits per heavy atom. The van der Waals surface area contributed by atoms with Gasteiger partial charge in [0.15, 0.2) is 0 Å². The van der Waals surface area contributed by atoms with Crippen LogP contribution in [0.25, 0.3) is 0 Å². The quantitative estimate of drug-likeness (QED) is 0.708. The van der Waals surface area contributed by atoms with Crippen molar-refractivity contribution < 1.29 is 24.5 Å². The summed E-state index contributed by atoms with van der Waals surface area (Å²) in [7, 11) is 0. The summed E-state index contributed by atoms with van der Waals surface area (Å²) in [6.45, 7) is 8.57. The number of aromatic nitrogens is 2. The average Bonchev–Trinajstić information content (AvgIpc) is 3.11.